The van der Waals surface area contributed by atoms with Crippen molar-refractivity contribution in [2.45, 2.75) is 20.0 Å². The Labute approximate surface area is 162 Å². The van der Waals surface area contributed by atoms with E-state index >= 15 is 0 Å². The van der Waals surface area contributed by atoms with Gasteiger partial charge in [0.1, 0.15) is 18.2 Å². The quantitative estimate of drug-likeness (QED) is 0.681. The van der Waals surface area contributed by atoms with Gasteiger partial charge in [0, 0.05) is 5.56 Å². The minimum Gasteiger partial charge on any atom is -0.330 e. The highest BCUT2D eigenvalue weighted by Crippen LogP contribution is 2.24. The molecular formula is C19H19Cl3N3+. The number of quaternary nitrogens is 1. The smallest absolute Gasteiger partial charge is 0.142 e. The van der Waals surface area contributed by atoms with Gasteiger partial charge in [0.05, 0.1) is 34.0 Å². The van der Waals surface area contributed by atoms with Crippen LogP contribution in [0.25, 0.3) is 5.69 Å². The Morgan fingerprint density at radius 1 is 0.960 bits per heavy atom. The van der Waals surface area contributed by atoms with E-state index in [1.807, 2.05) is 55.5 Å². The molecule has 0 aliphatic rings. The molecule has 0 spiro atoms. The molecule has 0 fully saturated rings. The molecule has 6 heteroatoms. The Kier molecular flexibility index (Phi) is 5.70. The summed E-state index contributed by atoms with van der Waals surface area (Å²) in [5.41, 5.74) is 4.10. The molecule has 0 amide bonds. The lowest BCUT2D eigenvalue weighted by atomic mass is 10.2. The zero-order valence-electron chi connectivity index (χ0n) is 14.1. The van der Waals surface area contributed by atoms with E-state index in [1.54, 1.807) is 4.68 Å². The van der Waals surface area contributed by atoms with Crippen molar-refractivity contribution in [3.8, 4) is 5.69 Å². The summed E-state index contributed by atoms with van der Waals surface area (Å²) in [5.74, 6) is 0. The number of nitrogens with zero attached hydrogens (tertiary/aromatic N) is 2. The first-order valence-electron chi connectivity index (χ1n) is 8.00. The third-order valence-electron chi connectivity index (χ3n) is 4.09. The van der Waals surface area contributed by atoms with Gasteiger partial charge in [-0.25, -0.2) is 4.68 Å². The molecular weight excluding hydrogens is 377 g/mol. The van der Waals surface area contributed by atoms with Crippen LogP contribution in [0.1, 0.15) is 16.8 Å². The number of hydrogen-bond donors (Lipinski definition) is 1. The summed E-state index contributed by atoms with van der Waals surface area (Å²) in [6, 6.07) is 15.7. The molecule has 3 nitrogen and oxygen atoms in total. The molecule has 1 heterocycles. The lowest BCUT2D eigenvalue weighted by molar-refractivity contribution is -0.907. The average Bonchev–Trinajstić information content (AvgIpc) is 2.87. The second kappa shape index (κ2) is 7.79. The van der Waals surface area contributed by atoms with Gasteiger partial charge in [0.2, 0.25) is 0 Å². The molecule has 0 aliphatic heterocycles. The van der Waals surface area contributed by atoms with Crippen LogP contribution in [0, 0.1) is 6.92 Å². The Hall–Kier alpha value is -1.52. The van der Waals surface area contributed by atoms with Gasteiger partial charge in [-0.2, -0.15) is 5.10 Å². The number of para-hydroxylation sites is 1. The summed E-state index contributed by atoms with van der Waals surface area (Å²) in [4.78, 5) is 1.29. The highest BCUT2D eigenvalue weighted by Gasteiger charge is 2.18. The van der Waals surface area contributed by atoms with Gasteiger partial charge in [0.15, 0.2) is 0 Å². The first kappa shape index (κ1) is 18.3. The van der Waals surface area contributed by atoms with Crippen LogP contribution in [0.2, 0.25) is 15.2 Å². The van der Waals surface area contributed by atoms with Crippen molar-refractivity contribution in [1.29, 1.82) is 0 Å². The number of aromatic nitrogens is 2. The fraction of sp³-hybridized carbons (Fsp3) is 0.211. The third-order valence-corrected chi connectivity index (χ3v) is 5.22. The molecule has 130 valence electrons. The maximum atomic E-state index is 6.61. The van der Waals surface area contributed by atoms with Crippen LogP contribution in [-0.4, -0.2) is 16.8 Å². The molecule has 3 rings (SSSR count). The van der Waals surface area contributed by atoms with E-state index in [-0.39, 0.29) is 0 Å². The predicted octanol–water partition coefficient (Wildman–Crippen LogP) is 4.36. The van der Waals surface area contributed by atoms with Crippen molar-refractivity contribution < 1.29 is 4.90 Å². The largest absolute Gasteiger partial charge is 0.330 e. The van der Waals surface area contributed by atoms with Gasteiger partial charge in [-0.1, -0.05) is 59.1 Å². The van der Waals surface area contributed by atoms with E-state index in [0.29, 0.717) is 15.2 Å². The topological polar surface area (TPSA) is 22.3 Å². The Morgan fingerprint density at radius 3 is 2.36 bits per heavy atom. The van der Waals surface area contributed by atoms with Crippen LogP contribution in [-0.2, 0) is 13.1 Å². The molecule has 0 radical (unpaired) electrons. The normalized spacial score (nSPS) is 12.4. The van der Waals surface area contributed by atoms with Gasteiger partial charge >= 0.3 is 0 Å². The molecule has 0 aliphatic carbocycles. The minimum absolute atomic E-state index is 0.575. The van der Waals surface area contributed by atoms with Crippen molar-refractivity contribution in [2.24, 2.45) is 0 Å². The molecule has 1 N–H and O–H groups in total. The van der Waals surface area contributed by atoms with E-state index in [9.17, 15) is 0 Å². The first-order chi connectivity index (χ1) is 12.0. The molecule has 0 saturated heterocycles. The van der Waals surface area contributed by atoms with Crippen molar-refractivity contribution in [3.05, 3.63) is 80.6 Å². The Morgan fingerprint density at radius 2 is 1.68 bits per heavy atom. The van der Waals surface area contributed by atoms with Crippen molar-refractivity contribution >= 4 is 34.8 Å². The van der Waals surface area contributed by atoms with Crippen LogP contribution in [0.5, 0.6) is 0 Å². The van der Waals surface area contributed by atoms with Crippen LogP contribution in [0.3, 0.4) is 0 Å². The highest BCUT2D eigenvalue weighted by molar-refractivity contribution is 6.42. The van der Waals surface area contributed by atoms with E-state index in [4.69, 9.17) is 34.8 Å². The summed E-state index contributed by atoms with van der Waals surface area (Å²) in [6.45, 7) is 3.59. The highest BCUT2D eigenvalue weighted by atomic mass is 35.5. The lowest BCUT2D eigenvalue weighted by Crippen LogP contribution is -3.06. The second-order valence-electron chi connectivity index (χ2n) is 6.16. The standard InChI is InChI=1S/C19H18Cl3N3/c1-13-16(19(22)25(23-13)15-6-4-3-5-7-15)12-24(2)11-14-8-9-17(20)18(21)10-14/h3-10H,11-12H2,1-2H3/p+1. The molecule has 2 aromatic carbocycles. The second-order valence-corrected chi connectivity index (χ2v) is 7.33. The maximum Gasteiger partial charge on any atom is 0.142 e. The Balaban J connectivity index is 1.78. The van der Waals surface area contributed by atoms with Crippen LogP contribution in [0.15, 0.2) is 48.5 Å². The summed E-state index contributed by atoms with van der Waals surface area (Å²) in [7, 11) is 2.12. The number of nitrogens with one attached hydrogen (secondary N) is 1. The number of benzene rings is 2. The minimum atomic E-state index is 0.575. The van der Waals surface area contributed by atoms with Crippen molar-refractivity contribution in [2.75, 3.05) is 7.05 Å². The van der Waals surface area contributed by atoms with Crippen molar-refractivity contribution in [1.82, 2.24) is 9.78 Å². The third kappa shape index (κ3) is 4.18. The number of hydrogen-bond acceptors (Lipinski definition) is 1. The lowest BCUT2D eigenvalue weighted by Gasteiger charge is -2.14. The Bertz CT molecular complexity index is 875. The maximum absolute atomic E-state index is 6.61. The van der Waals surface area contributed by atoms with E-state index < -0.39 is 0 Å². The van der Waals surface area contributed by atoms with Gasteiger partial charge < -0.3 is 4.90 Å². The van der Waals surface area contributed by atoms with Gasteiger partial charge in [-0.05, 0) is 31.2 Å². The zero-order valence-corrected chi connectivity index (χ0v) is 16.3. The monoisotopic (exact) mass is 394 g/mol. The van der Waals surface area contributed by atoms with E-state index in [0.717, 1.165) is 35.6 Å². The number of rotatable bonds is 5. The van der Waals surface area contributed by atoms with Gasteiger partial charge in [-0.3, -0.25) is 0 Å². The molecule has 1 unspecified atom stereocenters. The van der Waals surface area contributed by atoms with E-state index in [2.05, 4.69) is 12.1 Å². The molecule has 0 saturated carbocycles. The van der Waals surface area contributed by atoms with Crippen LogP contribution >= 0.6 is 34.8 Å². The van der Waals surface area contributed by atoms with E-state index in [1.165, 1.54) is 4.90 Å². The van der Waals surface area contributed by atoms with Gasteiger partial charge in [-0.15, -0.1) is 0 Å². The summed E-state index contributed by atoms with van der Waals surface area (Å²) in [6.07, 6.45) is 0. The summed E-state index contributed by atoms with van der Waals surface area (Å²) < 4.78 is 1.79. The summed E-state index contributed by atoms with van der Waals surface area (Å²) in [5, 5.41) is 6.42. The first-order valence-corrected chi connectivity index (χ1v) is 9.13. The zero-order chi connectivity index (χ0) is 18.0. The van der Waals surface area contributed by atoms with Crippen molar-refractivity contribution in [3.63, 3.8) is 0 Å². The number of halogens is 3. The van der Waals surface area contributed by atoms with Gasteiger partial charge in [0.25, 0.3) is 0 Å². The molecule has 0 bridgehead atoms. The number of aryl methyl sites for hydroxylation is 1. The van der Waals surface area contributed by atoms with Crippen LogP contribution < -0.4 is 4.90 Å². The van der Waals surface area contributed by atoms with Crippen LogP contribution in [0.4, 0.5) is 0 Å². The fourth-order valence-corrected chi connectivity index (χ4v) is 3.49. The molecule has 3 aromatic rings. The molecule has 1 aromatic heterocycles. The average molecular weight is 396 g/mol. The predicted molar refractivity (Wildman–Crippen MR) is 104 cm³/mol. The molecule has 25 heavy (non-hydrogen) atoms. The molecule has 1 atom stereocenters. The summed E-state index contributed by atoms with van der Waals surface area (Å²) >= 11 is 18.7. The fourth-order valence-electron chi connectivity index (χ4n) is 2.83. The SMILES string of the molecule is Cc1nn(-c2ccccc2)c(Cl)c1C[NH+](C)Cc1ccc(Cl)c(Cl)c1.